The number of nitrogens with zero attached hydrogens (tertiary/aromatic N) is 1. The molecule has 1 rings (SSSR count). The summed E-state index contributed by atoms with van der Waals surface area (Å²) in [5.74, 6) is 0.951. The molecule has 1 aliphatic carbocycles. The van der Waals surface area contributed by atoms with Crippen LogP contribution in [0.4, 0.5) is 0 Å². The van der Waals surface area contributed by atoms with Crippen molar-refractivity contribution in [1.29, 1.82) is 0 Å². The van der Waals surface area contributed by atoms with Crippen molar-refractivity contribution in [3.8, 4) is 0 Å². The summed E-state index contributed by atoms with van der Waals surface area (Å²) >= 11 is 0. The molecule has 0 aliphatic heterocycles. The molecule has 0 amide bonds. The highest BCUT2D eigenvalue weighted by Gasteiger charge is 2.20. The minimum Gasteiger partial charge on any atom is -0.329 e. The van der Waals surface area contributed by atoms with Gasteiger partial charge in [-0.15, -0.1) is 0 Å². The van der Waals surface area contributed by atoms with E-state index in [1.807, 2.05) is 0 Å². The molecule has 0 aromatic carbocycles. The molecule has 1 aliphatic rings. The van der Waals surface area contributed by atoms with E-state index < -0.39 is 0 Å². The maximum atomic E-state index is 5.52. The van der Waals surface area contributed by atoms with Gasteiger partial charge in [-0.05, 0) is 38.6 Å². The smallest absolute Gasteiger partial charge is 0.0104 e. The molecule has 0 bridgehead atoms. The van der Waals surface area contributed by atoms with Crippen molar-refractivity contribution < 1.29 is 0 Å². The molecular formula is C10H22N2. The van der Waals surface area contributed by atoms with E-state index in [0.717, 1.165) is 25.0 Å². The highest BCUT2D eigenvalue weighted by Crippen LogP contribution is 2.25. The zero-order chi connectivity index (χ0) is 8.97. The summed E-state index contributed by atoms with van der Waals surface area (Å²) in [7, 11) is 2.20. The first-order valence-corrected chi connectivity index (χ1v) is 5.14. The lowest BCUT2D eigenvalue weighted by Gasteiger charge is -2.33. The monoisotopic (exact) mass is 170 g/mol. The summed E-state index contributed by atoms with van der Waals surface area (Å²) in [6.07, 6.45) is 5.55. The SMILES string of the molecule is CC1CCC(N(C)CCN)CC1. The number of rotatable bonds is 3. The standard InChI is InChI=1S/C10H22N2/c1-9-3-5-10(6-4-9)12(2)8-7-11/h9-10H,3-8,11H2,1-2H3. The Kier molecular flexibility index (Phi) is 4.02. The molecule has 0 heterocycles. The number of likely N-dealkylation sites (N-methyl/N-ethyl adjacent to an activating group) is 1. The second kappa shape index (κ2) is 4.83. The lowest BCUT2D eigenvalue weighted by Crippen LogP contribution is -2.37. The maximum Gasteiger partial charge on any atom is 0.0104 e. The number of hydrogen-bond donors (Lipinski definition) is 1. The summed E-state index contributed by atoms with van der Waals surface area (Å²) in [6.45, 7) is 4.21. The minimum atomic E-state index is 0.794. The van der Waals surface area contributed by atoms with Crippen LogP contribution in [0.5, 0.6) is 0 Å². The van der Waals surface area contributed by atoms with E-state index in [9.17, 15) is 0 Å². The van der Waals surface area contributed by atoms with Crippen LogP contribution in [0.1, 0.15) is 32.6 Å². The molecule has 0 saturated heterocycles. The van der Waals surface area contributed by atoms with Crippen molar-refractivity contribution >= 4 is 0 Å². The molecule has 0 unspecified atom stereocenters. The molecule has 0 radical (unpaired) electrons. The molecule has 0 spiro atoms. The number of nitrogens with two attached hydrogens (primary N) is 1. The Morgan fingerprint density at radius 2 is 1.83 bits per heavy atom. The molecule has 0 atom stereocenters. The van der Waals surface area contributed by atoms with Crippen LogP contribution in [0, 0.1) is 5.92 Å². The van der Waals surface area contributed by atoms with Gasteiger partial charge in [-0.3, -0.25) is 0 Å². The Morgan fingerprint density at radius 1 is 1.25 bits per heavy atom. The molecule has 12 heavy (non-hydrogen) atoms. The van der Waals surface area contributed by atoms with Crippen LogP contribution in [0.25, 0.3) is 0 Å². The summed E-state index contributed by atoms with van der Waals surface area (Å²) in [5.41, 5.74) is 5.52. The van der Waals surface area contributed by atoms with Gasteiger partial charge in [0.25, 0.3) is 0 Å². The van der Waals surface area contributed by atoms with E-state index in [-0.39, 0.29) is 0 Å². The Hall–Kier alpha value is -0.0800. The van der Waals surface area contributed by atoms with Crippen LogP contribution in [0.2, 0.25) is 0 Å². The third-order valence-electron chi connectivity index (χ3n) is 3.09. The highest BCUT2D eigenvalue weighted by atomic mass is 15.1. The lowest BCUT2D eigenvalue weighted by atomic mass is 9.87. The van der Waals surface area contributed by atoms with Crippen LogP contribution < -0.4 is 5.73 Å². The van der Waals surface area contributed by atoms with Gasteiger partial charge in [0.1, 0.15) is 0 Å². The molecule has 0 aromatic rings. The molecule has 1 fully saturated rings. The van der Waals surface area contributed by atoms with Gasteiger partial charge in [-0.25, -0.2) is 0 Å². The molecule has 2 heteroatoms. The van der Waals surface area contributed by atoms with Crippen LogP contribution in [0.15, 0.2) is 0 Å². The fraction of sp³-hybridized carbons (Fsp3) is 1.00. The van der Waals surface area contributed by atoms with E-state index in [0.29, 0.717) is 0 Å². The van der Waals surface area contributed by atoms with E-state index >= 15 is 0 Å². The largest absolute Gasteiger partial charge is 0.329 e. The van der Waals surface area contributed by atoms with Crippen LogP contribution >= 0.6 is 0 Å². The summed E-state index contributed by atoms with van der Waals surface area (Å²) in [6, 6.07) is 0.810. The second-order valence-electron chi connectivity index (χ2n) is 4.18. The van der Waals surface area contributed by atoms with E-state index in [4.69, 9.17) is 5.73 Å². The first-order chi connectivity index (χ1) is 5.74. The van der Waals surface area contributed by atoms with Gasteiger partial charge in [0.05, 0.1) is 0 Å². The van der Waals surface area contributed by atoms with Crippen LogP contribution in [0.3, 0.4) is 0 Å². The van der Waals surface area contributed by atoms with Gasteiger partial charge in [0.15, 0.2) is 0 Å². The molecule has 0 aromatic heterocycles. The second-order valence-corrected chi connectivity index (χ2v) is 4.18. The van der Waals surface area contributed by atoms with E-state index in [1.54, 1.807) is 0 Å². The van der Waals surface area contributed by atoms with Gasteiger partial charge < -0.3 is 10.6 Å². The average molecular weight is 170 g/mol. The predicted molar refractivity (Wildman–Crippen MR) is 53.1 cm³/mol. The Labute approximate surface area is 76.1 Å². The van der Waals surface area contributed by atoms with Crippen LogP contribution in [-0.2, 0) is 0 Å². The first kappa shape index (κ1) is 10.0. The molecule has 72 valence electrons. The fourth-order valence-corrected chi connectivity index (χ4v) is 2.07. The van der Waals surface area contributed by atoms with Gasteiger partial charge >= 0.3 is 0 Å². The van der Waals surface area contributed by atoms with Crippen molar-refractivity contribution in [3.63, 3.8) is 0 Å². The zero-order valence-electron chi connectivity index (χ0n) is 8.42. The minimum absolute atomic E-state index is 0.794. The third-order valence-corrected chi connectivity index (χ3v) is 3.09. The molecule has 2 nitrogen and oxygen atoms in total. The van der Waals surface area contributed by atoms with E-state index in [2.05, 4.69) is 18.9 Å². The molecule has 1 saturated carbocycles. The van der Waals surface area contributed by atoms with E-state index in [1.165, 1.54) is 25.7 Å². The average Bonchev–Trinajstić information content (AvgIpc) is 2.06. The van der Waals surface area contributed by atoms with Crippen molar-refractivity contribution in [2.24, 2.45) is 11.7 Å². The maximum absolute atomic E-state index is 5.52. The molecular weight excluding hydrogens is 148 g/mol. The van der Waals surface area contributed by atoms with Crippen molar-refractivity contribution in [2.75, 3.05) is 20.1 Å². The van der Waals surface area contributed by atoms with Crippen molar-refractivity contribution in [1.82, 2.24) is 4.90 Å². The number of hydrogen-bond acceptors (Lipinski definition) is 2. The van der Waals surface area contributed by atoms with Crippen LogP contribution in [-0.4, -0.2) is 31.1 Å². The van der Waals surface area contributed by atoms with Gasteiger partial charge in [-0.2, -0.15) is 0 Å². The first-order valence-electron chi connectivity index (χ1n) is 5.14. The zero-order valence-corrected chi connectivity index (χ0v) is 8.42. The van der Waals surface area contributed by atoms with Crippen molar-refractivity contribution in [2.45, 2.75) is 38.6 Å². The lowest BCUT2D eigenvalue weighted by molar-refractivity contribution is 0.174. The fourth-order valence-electron chi connectivity index (χ4n) is 2.07. The Bertz CT molecular complexity index is 117. The molecule has 2 N–H and O–H groups in total. The van der Waals surface area contributed by atoms with Crippen molar-refractivity contribution in [3.05, 3.63) is 0 Å². The summed E-state index contributed by atoms with van der Waals surface area (Å²) in [5, 5.41) is 0. The summed E-state index contributed by atoms with van der Waals surface area (Å²) in [4.78, 5) is 2.42. The third kappa shape index (κ3) is 2.76. The highest BCUT2D eigenvalue weighted by molar-refractivity contribution is 4.76. The topological polar surface area (TPSA) is 29.3 Å². The summed E-state index contributed by atoms with van der Waals surface area (Å²) < 4.78 is 0. The van der Waals surface area contributed by atoms with Gasteiger partial charge in [0.2, 0.25) is 0 Å². The van der Waals surface area contributed by atoms with Gasteiger partial charge in [0, 0.05) is 19.1 Å². The Balaban J connectivity index is 2.24. The quantitative estimate of drug-likeness (QED) is 0.694. The predicted octanol–water partition coefficient (Wildman–Crippen LogP) is 1.46. The van der Waals surface area contributed by atoms with Gasteiger partial charge in [-0.1, -0.05) is 6.92 Å². The normalized spacial score (nSPS) is 31.0. The Morgan fingerprint density at radius 3 is 2.33 bits per heavy atom.